The van der Waals surface area contributed by atoms with Crippen molar-refractivity contribution < 1.29 is 19.5 Å². The lowest BCUT2D eigenvalue weighted by Gasteiger charge is -2.22. The molecule has 0 spiro atoms. The summed E-state index contributed by atoms with van der Waals surface area (Å²) < 4.78 is 0. The van der Waals surface area contributed by atoms with E-state index in [9.17, 15) is 14.4 Å². The molecule has 2 saturated carbocycles. The highest BCUT2D eigenvalue weighted by molar-refractivity contribution is 5.77. The van der Waals surface area contributed by atoms with Crippen LogP contribution in [0.2, 0.25) is 0 Å². The maximum absolute atomic E-state index is 12.0. The average Bonchev–Trinajstić information content (AvgIpc) is 3.28. The molecule has 7 heteroatoms. The van der Waals surface area contributed by atoms with Gasteiger partial charge in [0.2, 0.25) is 5.91 Å². The first-order valence-corrected chi connectivity index (χ1v) is 7.62. The topological polar surface area (TPSA) is 98.7 Å². The van der Waals surface area contributed by atoms with Crippen LogP contribution in [-0.2, 0) is 9.59 Å². The lowest BCUT2D eigenvalue weighted by atomic mass is 10.3. The highest BCUT2D eigenvalue weighted by Gasteiger charge is 2.32. The van der Waals surface area contributed by atoms with Crippen molar-refractivity contribution in [3.63, 3.8) is 0 Å². The number of rotatable bonds is 9. The number of aliphatic carboxylic acids is 1. The van der Waals surface area contributed by atoms with Crippen LogP contribution in [0, 0.1) is 0 Å². The number of nitrogens with one attached hydrogen (secondary N) is 2. The molecule has 0 aliphatic heterocycles. The Kier molecular flexibility index (Phi) is 5.41. The van der Waals surface area contributed by atoms with Gasteiger partial charge in [-0.05, 0) is 32.1 Å². The summed E-state index contributed by atoms with van der Waals surface area (Å²) in [6, 6.07) is 0.331. The first-order chi connectivity index (χ1) is 10.1. The normalized spacial score (nSPS) is 17.1. The van der Waals surface area contributed by atoms with Gasteiger partial charge in [-0.2, -0.15) is 0 Å². The van der Waals surface area contributed by atoms with E-state index < -0.39 is 5.97 Å². The molecule has 0 heterocycles. The fourth-order valence-electron chi connectivity index (χ4n) is 2.13. The second-order valence-electron chi connectivity index (χ2n) is 5.75. The molecule has 7 nitrogen and oxygen atoms in total. The van der Waals surface area contributed by atoms with E-state index in [-0.39, 0.29) is 30.9 Å². The highest BCUT2D eigenvalue weighted by Crippen LogP contribution is 2.26. The van der Waals surface area contributed by atoms with Crippen LogP contribution in [0.5, 0.6) is 0 Å². The Bertz CT molecular complexity index is 405. The number of hydrogen-bond acceptors (Lipinski definition) is 3. The Morgan fingerprint density at radius 2 is 1.81 bits per heavy atom. The Labute approximate surface area is 124 Å². The molecule has 2 aliphatic carbocycles. The van der Waals surface area contributed by atoms with Gasteiger partial charge in [-0.25, -0.2) is 4.79 Å². The summed E-state index contributed by atoms with van der Waals surface area (Å²) in [5.74, 6) is -0.859. The van der Waals surface area contributed by atoms with Gasteiger partial charge in [0.25, 0.3) is 0 Å². The molecule has 0 aromatic heterocycles. The molecule has 21 heavy (non-hydrogen) atoms. The summed E-state index contributed by atoms with van der Waals surface area (Å²) in [6.45, 7) is 0.682. The predicted molar refractivity (Wildman–Crippen MR) is 75.8 cm³/mol. The predicted octanol–water partition coefficient (Wildman–Crippen LogP) is 0.694. The van der Waals surface area contributed by atoms with Crippen molar-refractivity contribution in [3.05, 3.63) is 0 Å². The van der Waals surface area contributed by atoms with E-state index in [1.807, 2.05) is 0 Å². The van der Waals surface area contributed by atoms with Crippen LogP contribution in [0.3, 0.4) is 0 Å². The summed E-state index contributed by atoms with van der Waals surface area (Å²) in [5, 5.41) is 14.4. The van der Waals surface area contributed by atoms with Crippen LogP contribution in [0.4, 0.5) is 4.79 Å². The summed E-state index contributed by atoms with van der Waals surface area (Å²) in [6.07, 6.45) is 5.00. The van der Waals surface area contributed by atoms with E-state index in [0.717, 1.165) is 25.7 Å². The quantitative estimate of drug-likeness (QED) is 0.545. The third-order valence-corrected chi connectivity index (χ3v) is 3.61. The molecule has 0 unspecified atom stereocenters. The van der Waals surface area contributed by atoms with Gasteiger partial charge in [-0.3, -0.25) is 9.59 Å². The first-order valence-electron chi connectivity index (χ1n) is 7.62. The van der Waals surface area contributed by atoms with Crippen molar-refractivity contribution in [2.24, 2.45) is 0 Å². The molecule has 0 aromatic rings. The van der Waals surface area contributed by atoms with Crippen LogP contribution in [0.15, 0.2) is 0 Å². The molecule has 0 atom stereocenters. The third kappa shape index (κ3) is 6.01. The van der Waals surface area contributed by atoms with Crippen molar-refractivity contribution in [3.8, 4) is 0 Å². The minimum absolute atomic E-state index is 0.0340. The van der Waals surface area contributed by atoms with Crippen molar-refractivity contribution in [2.75, 3.05) is 13.1 Å². The van der Waals surface area contributed by atoms with E-state index in [1.165, 1.54) is 0 Å². The van der Waals surface area contributed by atoms with Crippen molar-refractivity contribution in [2.45, 2.75) is 57.0 Å². The monoisotopic (exact) mass is 297 g/mol. The summed E-state index contributed by atoms with van der Waals surface area (Å²) in [5.41, 5.74) is 0. The summed E-state index contributed by atoms with van der Waals surface area (Å²) >= 11 is 0. The molecular formula is C14H23N3O4. The zero-order valence-electron chi connectivity index (χ0n) is 12.1. The number of carbonyl (C=O) groups is 3. The van der Waals surface area contributed by atoms with Crippen LogP contribution in [-0.4, -0.2) is 53.1 Å². The Morgan fingerprint density at radius 1 is 1.10 bits per heavy atom. The maximum atomic E-state index is 12.0. The molecule has 2 rings (SSSR count). The molecule has 2 aliphatic rings. The van der Waals surface area contributed by atoms with E-state index >= 15 is 0 Å². The van der Waals surface area contributed by atoms with Crippen LogP contribution >= 0.6 is 0 Å². The highest BCUT2D eigenvalue weighted by atomic mass is 16.4. The van der Waals surface area contributed by atoms with Gasteiger partial charge in [0.05, 0.1) is 6.42 Å². The average molecular weight is 297 g/mol. The zero-order chi connectivity index (χ0) is 15.2. The summed E-state index contributed by atoms with van der Waals surface area (Å²) in [4.78, 5) is 35.6. The van der Waals surface area contributed by atoms with Crippen LogP contribution in [0.25, 0.3) is 0 Å². The van der Waals surface area contributed by atoms with Crippen molar-refractivity contribution in [1.29, 1.82) is 0 Å². The number of nitrogens with zero attached hydrogens (tertiary/aromatic N) is 1. The molecule has 0 bridgehead atoms. The number of carboxylic acid groups (broad SMARTS) is 1. The van der Waals surface area contributed by atoms with E-state index in [4.69, 9.17) is 5.11 Å². The molecule has 0 aromatic carbocycles. The van der Waals surface area contributed by atoms with Gasteiger partial charge >= 0.3 is 12.0 Å². The van der Waals surface area contributed by atoms with E-state index in [1.54, 1.807) is 4.90 Å². The zero-order valence-corrected chi connectivity index (χ0v) is 12.1. The second-order valence-corrected chi connectivity index (χ2v) is 5.75. The lowest BCUT2D eigenvalue weighted by molar-refractivity contribution is -0.137. The number of carboxylic acids is 1. The summed E-state index contributed by atoms with van der Waals surface area (Å²) in [7, 11) is 0. The number of carbonyl (C=O) groups excluding carboxylic acids is 2. The van der Waals surface area contributed by atoms with Gasteiger partial charge in [0.1, 0.15) is 0 Å². The van der Waals surface area contributed by atoms with Crippen molar-refractivity contribution in [1.82, 2.24) is 15.5 Å². The van der Waals surface area contributed by atoms with Gasteiger partial charge < -0.3 is 20.6 Å². The van der Waals surface area contributed by atoms with Crippen LogP contribution in [0.1, 0.15) is 44.9 Å². The van der Waals surface area contributed by atoms with Crippen molar-refractivity contribution >= 4 is 17.9 Å². The number of amides is 3. The molecule has 0 saturated heterocycles. The van der Waals surface area contributed by atoms with E-state index in [0.29, 0.717) is 25.4 Å². The van der Waals surface area contributed by atoms with E-state index in [2.05, 4.69) is 10.6 Å². The second kappa shape index (κ2) is 7.28. The van der Waals surface area contributed by atoms with Gasteiger partial charge in [-0.1, -0.05) is 0 Å². The molecule has 2 fully saturated rings. The largest absolute Gasteiger partial charge is 0.481 e. The Hall–Kier alpha value is -1.79. The van der Waals surface area contributed by atoms with Gasteiger partial charge in [0.15, 0.2) is 0 Å². The minimum atomic E-state index is -0.898. The molecule has 3 amide bonds. The fraction of sp³-hybridized carbons (Fsp3) is 0.786. The third-order valence-electron chi connectivity index (χ3n) is 3.61. The molecule has 0 radical (unpaired) electrons. The fourth-order valence-corrected chi connectivity index (χ4v) is 2.13. The van der Waals surface area contributed by atoms with Gasteiger partial charge in [0, 0.05) is 31.6 Å². The molecular weight excluding hydrogens is 274 g/mol. The SMILES string of the molecule is O=C(O)CCN(C(=O)NCCCC(=O)NC1CC1)C1CC1. The van der Waals surface area contributed by atoms with Gasteiger partial charge in [-0.15, -0.1) is 0 Å². The minimum Gasteiger partial charge on any atom is -0.481 e. The number of urea groups is 1. The molecule has 118 valence electrons. The first kappa shape index (κ1) is 15.6. The maximum Gasteiger partial charge on any atom is 0.317 e. The standard InChI is InChI=1S/C14H23N3O4/c18-12(16-10-3-4-10)2-1-8-15-14(21)17(11-5-6-11)9-7-13(19)20/h10-11H,1-9H2,(H,15,21)(H,16,18)(H,19,20). The number of hydrogen-bond donors (Lipinski definition) is 3. The van der Waals surface area contributed by atoms with Crippen LogP contribution < -0.4 is 10.6 Å². The lowest BCUT2D eigenvalue weighted by Crippen LogP contribution is -2.43. The Balaban J connectivity index is 1.59. The smallest absolute Gasteiger partial charge is 0.317 e. The molecule has 3 N–H and O–H groups in total. The Morgan fingerprint density at radius 3 is 2.38 bits per heavy atom.